The third kappa shape index (κ3) is 9.54. The Labute approximate surface area is 224 Å². The molecule has 1 aliphatic heterocycles. The lowest BCUT2D eigenvalue weighted by atomic mass is 10.2. The Hall–Kier alpha value is -1.11. The first kappa shape index (κ1) is 32.1. The molecule has 2 rings (SSSR count). The maximum atomic E-state index is 12.4. The van der Waals surface area contributed by atoms with E-state index in [-0.39, 0.29) is 29.7 Å². The van der Waals surface area contributed by atoms with Crippen LogP contribution >= 0.6 is 20.3 Å². The first-order chi connectivity index (χ1) is 17.5. The zero-order valence-corrected chi connectivity index (χ0v) is 24.5. The topological polar surface area (TPSA) is 132 Å². The van der Waals surface area contributed by atoms with Gasteiger partial charge in [0.2, 0.25) is 0 Å². The Kier molecular flexibility index (Phi) is 13.4. The molecule has 0 spiro atoms. The molecule has 1 aromatic rings. The Balaban J connectivity index is 2.04. The molecule has 1 unspecified atom stereocenters. The van der Waals surface area contributed by atoms with Gasteiger partial charge in [-0.15, -0.1) is 0 Å². The molecule has 1 aliphatic rings. The van der Waals surface area contributed by atoms with Crippen LogP contribution in [-0.4, -0.2) is 80.9 Å². The van der Waals surface area contributed by atoms with Gasteiger partial charge in [-0.1, -0.05) is 25.6 Å². The van der Waals surface area contributed by atoms with Crippen molar-refractivity contribution < 1.29 is 28.4 Å². The minimum absolute atomic E-state index is 0.000773. The van der Waals surface area contributed by atoms with Crippen molar-refractivity contribution in [2.75, 3.05) is 32.2 Å². The van der Waals surface area contributed by atoms with E-state index < -0.39 is 38.2 Å². The number of carbonyl (C=O) groups excluding carboxylic acids is 1. The number of nitrogens with one attached hydrogen (secondary N) is 1. The normalized spacial score (nSPS) is 21.0. The molecule has 0 aliphatic carbocycles. The van der Waals surface area contributed by atoms with Gasteiger partial charge in [0.25, 0.3) is 14.1 Å². The van der Waals surface area contributed by atoms with Gasteiger partial charge < -0.3 is 23.6 Å². The van der Waals surface area contributed by atoms with Crippen LogP contribution < -0.4 is 11.2 Å². The van der Waals surface area contributed by atoms with Gasteiger partial charge in [-0.2, -0.15) is 0 Å². The number of nitrogens with zero attached hydrogens (tertiary/aromatic N) is 2. The van der Waals surface area contributed by atoms with Gasteiger partial charge in [0, 0.05) is 41.9 Å². The van der Waals surface area contributed by atoms with Crippen LogP contribution in [0.4, 0.5) is 0 Å². The van der Waals surface area contributed by atoms with Crippen molar-refractivity contribution in [3.63, 3.8) is 0 Å². The van der Waals surface area contributed by atoms with Crippen LogP contribution in [0.5, 0.6) is 0 Å². The Morgan fingerprint density at radius 1 is 1.22 bits per heavy atom. The third-order valence-electron chi connectivity index (χ3n) is 5.66. The van der Waals surface area contributed by atoms with Gasteiger partial charge in [0.05, 0.1) is 32.5 Å². The fourth-order valence-electron chi connectivity index (χ4n) is 3.83. The molecule has 2 N–H and O–H groups in total. The number of thioether (sulfide) groups is 1. The lowest BCUT2D eigenvalue weighted by Gasteiger charge is -2.37. The highest BCUT2D eigenvalue weighted by atomic mass is 32.2. The summed E-state index contributed by atoms with van der Waals surface area (Å²) < 4.78 is 27.6. The van der Waals surface area contributed by atoms with E-state index in [1.807, 2.05) is 13.8 Å². The van der Waals surface area contributed by atoms with Crippen LogP contribution in [0.2, 0.25) is 0 Å². The summed E-state index contributed by atoms with van der Waals surface area (Å²) in [5.74, 6) is 0.593. The summed E-state index contributed by atoms with van der Waals surface area (Å²) in [5.41, 5.74) is -0.635. The summed E-state index contributed by atoms with van der Waals surface area (Å²) in [6.45, 7) is 14.4. The van der Waals surface area contributed by atoms with E-state index in [4.69, 9.17) is 18.5 Å². The molecule has 37 heavy (non-hydrogen) atoms. The number of aliphatic hydroxyl groups is 1. The zero-order valence-electron chi connectivity index (χ0n) is 22.8. The standard InChI is InChI=1S/C24H42N3O8PS/c1-15(2)23(30)37-11-10-32-8-9-33-36(27(16(3)4)17(5)6)35-19-12-21(34-20(19)14-28)26-13-18(7)22(29)25-24(26)31/h13,15-17,19-21,28H,8-12,14H2,1-7H3,(H,25,29,31)/t19-,20-,21-,36?/m1/s1. The number of aromatic nitrogens is 2. The van der Waals surface area contributed by atoms with E-state index in [0.29, 0.717) is 37.6 Å². The van der Waals surface area contributed by atoms with Gasteiger partial charge in [-0.25, -0.2) is 9.46 Å². The van der Waals surface area contributed by atoms with E-state index in [9.17, 15) is 19.5 Å². The predicted octanol–water partition coefficient (Wildman–Crippen LogP) is 2.80. The fourth-order valence-corrected chi connectivity index (χ4v) is 6.31. The second-order valence-corrected chi connectivity index (χ2v) is 12.2. The van der Waals surface area contributed by atoms with Crippen molar-refractivity contribution in [1.82, 2.24) is 14.2 Å². The highest BCUT2D eigenvalue weighted by molar-refractivity contribution is 8.13. The predicted molar refractivity (Wildman–Crippen MR) is 145 cm³/mol. The Bertz CT molecular complexity index is 962. The van der Waals surface area contributed by atoms with Gasteiger partial charge in [0.15, 0.2) is 5.12 Å². The zero-order chi connectivity index (χ0) is 27.7. The van der Waals surface area contributed by atoms with Crippen molar-refractivity contribution in [2.45, 2.75) is 85.4 Å². The summed E-state index contributed by atoms with van der Waals surface area (Å²) in [6.07, 6.45) is -0.116. The molecule has 2 heterocycles. The summed E-state index contributed by atoms with van der Waals surface area (Å²) in [7, 11) is -1.54. The number of carbonyl (C=O) groups is 1. The summed E-state index contributed by atoms with van der Waals surface area (Å²) in [6, 6.07) is 0.251. The molecule has 0 radical (unpaired) electrons. The summed E-state index contributed by atoms with van der Waals surface area (Å²) in [5, 5.41) is 10.1. The molecular weight excluding hydrogens is 521 g/mol. The van der Waals surface area contributed by atoms with E-state index >= 15 is 0 Å². The number of aromatic amines is 1. The molecule has 11 nitrogen and oxygen atoms in total. The average molecular weight is 564 g/mol. The van der Waals surface area contributed by atoms with Crippen LogP contribution in [0.25, 0.3) is 0 Å². The van der Waals surface area contributed by atoms with Crippen LogP contribution in [-0.2, 0) is 23.3 Å². The third-order valence-corrected chi connectivity index (χ3v) is 8.94. The van der Waals surface area contributed by atoms with E-state index in [0.717, 1.165) is 0 Å². The molecule has 0 bridgehead atoms. The van der Waals surface area contributed by atoms with Gasteiger partial charge in [-0.3, -0.25) is 19.1 Å². The molecule has 212 valence electrons. The lowest BCUT2D eigenvalue weighted by Crippen LogP contribution is -2.36. The summed E-state index contributed by atoms with van der Waals surface area (Å²) >= 11 is 1.27. The minimum Gasteiger partial charge on any atom is -0.394 e. The fraction of sp³-hybridized carbons (Fsp3) is 0.792. The number of ether oxygens (including phenoxy) is 2. The number of aliphatic hydroxyl groups excluding tert-OH is 1. The monoisotopic (exact) mass is 563 g/mol. The maximum absolute atomic E-state index is 12.4. The Morgan fingerprint density at radius 3 is 2.49 bits per heavy atom. The van der Waals surface area contributed by atoms with Crippen molar-refractivity contribution >= 4 is 25.4 Å². The van der Waals surface area contributed by atoms with E-state index in [1.54, 1.807) is 6.92 Å². The number of aryl methyl sites for hydroxylation is 1. The van der Waals surface area contributed by atoms with Crippen LogP contribution in [0, 0.1) is 12.8 Å². The minimum atomic E-state index is -1.54. The molecule has 1 fully saturated rings. The second-order valence-electron chi connectivity index (χ2n) is 9.74. The number of hydrogen-bond donors (Lipinski definition) is 2. The smallest absolute Gasteiger partial charge is 0.330 e. The van der Waals surface area contributed by atoms with Crippen LogP contribution in [0.1, 0.15) is 59.8 Å². The maximum Gasteiger partial charge on any atom is 0.330 e. The number of rotatable bonds is 15. The highest BCUT2D eigenvalue weighted by Crippen LogP contribution is 2.49. The molecule has 0 aromatic carbocycles. The van der Waals surface area contributed by atoms with Crippen LogP contribution in [0.15, 0.2) is 15.8 Å². The molecule has 1 aromatic heterocycles. The second kappa shape index (κ2) is 15.5. The van der Waals surface area contributed by atoms with Gasteiger partial charge in [0.1, 0.15) is 12.3 Å². The van der Waals surface area contributed by atoms with Crippen molar-refractivity contribution in [3.05, 3.63) is 32.6 Å². The number of hydrogen-bond acceptors (Lipinski definition) is 10. The molecule has 4 atom stereocenters. The molecule has 13 heteroatoms. The van der Waals surface area contributed by atoms with E-state index in [1.165, 1.54) is 22.5 Å². The van der Waals surface area contributed by atoms with Crippen molar-refractivity contribution in [1.29, 1.82) is 0 Å². The van der Waals surface area contributed by atoms with Crippen LogP contribution in [0.3, 0.4) is 0 Å². The molecular formula is C24H42N3O8PS. The van der Waals surface area contributed by atoms with E-state index in [2.05, 4.69) is 37.3 Å². The molecule has 0 amide bonds. The van der Waals surface area contributed by atoms with Crippen molar-refractivity contribution in [3.8, 4) is 0 Å². The Morgan fingerprint density at radius 2 is 1.89 bits per heavy atom. The SMILES string of the molecule is Cc1cn([C@H]2C[C@@H](OP(OCCOCCSC(=O)C(C)C)N(C(C)C)C(C)C)[C@@H](CO)O2)c(=O)[nH]c1=O. The highest BCUT2D eigenvalue weighted by Gasteiger charge is 2.41. The van der Waals surface area contributed by atoms with Gasteiger partial charge in [-0.05, 0) is 34.6 Å². The molecule has 1 saturated heterocycles. The first-order valence-corrected chi connectivity index (χ1v) is 14.8. The first-order valence-electron chi connectivity index (χ1n) is 12.7. The van der Waals surface area contributed by atoms with Crippen molar-refractivity contribution in [2.24, 2.45) is 5.92 Å². The quantitative estimate of drug-likeness (QED) is 0.242. The molecule has 0 saturated carbocycles. The number of H-pyrrole nitrogens is 1. The lowest BCUT2D eigenvalue weighted by molar-refractivity contribution is -0.113. The summed E-state index contributed by atoms with van der Waals surface area (Å²) in [4.78, 5) is 38.1. The van der Waals surface area contributed by atoms with Gasteiger partial charge >= 0.3 is 5.69 Å². The average Bonchev–Trinajstić information content (AvgIpc) is 3.22. The largest absolute Gasteiger partial charge is 0.394 e.